The molecule has 0 heterocycles. The number of benzene rings is 1. The quantitative estimate of drug-likeness (QED) is 0.315. The summed E-state index contributed by atoms with van der Waals surface area (Å²) in [7, 11) is 1.71. The van der Waals surface area contributed by atoms with Gasteiger partial charge < -0.3 is 21.7 Å². The van der Waals surface area contributed by atoms with Gasteiger partial charge in [0.05, 0.1) is 6.04 Å². The predicted molar refractivity (Wildman–Crippen MR) is 115 cm³/mol. The molecule has 1 unspecified atom stereocenters. The molecule has 1 rings (SSSR count). The van der Waals surface area contributed by atoms with Crippen LogP contribution >= 0.6 is 0 Å². The summed E-state index contributed by atoms with van der Waals surface area (Å²) < 4.78 is 0. The Balaban J connectivity index is 2.75. The van der Waals surface area contributed by atoms with Crippen LogP contribution in [0.3, 0.4) is 0 Å². The first-order valence-corrected chi connectivity index (χ1v) is 10.0. The lowest BCUT2D eigenvalue weighted by molar-refractivity contribution is -0.125. The highest BCUT2D eigenvalue weighted by Gasteiger charge is 2.36. The predicted octanol–water partition coefficient (Wildman–Crippen LogP) is 1.73. The van der Waals surface area contributed by atoms with Crippen molar-refractivity contribution in [1.29, 1.82) is 0 Å². The van der Waals surface area contributed by atoms with Gasteiger partial charge in [-0.1, -0.05) is 57.2 Å². The number of primary amides is 1. The van der Waals surface area contributed by atoms with Crippen molar-refractivity contribution in [3.63, 3.8) is 0 Å². The van der Waals surface area contributed by atoms with E-state index in [0.29, 0.717) is 25.8 Å². The molecule has 0 fully saturated rings. The molecule has 7 nitrogen and oxygen atoms in total. The molecule has 0 saturated carbocycles. The van der Waals surface area contributed by atoms with Crippen molar-refractivity contribution in [3.05, 3.63) is 47.7 Å². The van der Waals surface area contributed by atoms with Gasteiger partial charge in [0.15, 0.2) is 0 Å². The van der Waals surface area contributed by atoms with Crippen LogP contribution in [0.5, 0.6) is 0 Å². The minimum Gasteiger partial charge on any atom is -0.364 e. The second-order valence-electron chi connectivity index (χ2n) is 7.52. The Labute approximate surface area is 173 Å². The van der Waals surface area contributed by atoms with E-state index in [1.807, 2.05) is 51.1 Å². The third-order valence-electron chi connectivity index (χ3n) is 4.84. The van der Waals surface area contributed by atoms with Crippen LogP contribution < -0.4 is 21.7 Å². The van der Waals surface area contributed by atoms with Gasteiger partial charge in [0.2, 0.25) is 11.8 Å². The van der Waals surface area contributed by atoms with Crippen LogP contribution in [0.25, 0.3) is 0 Å². The first-order valence-electron chi connectivity index (χ1n) is 10.0. The molecule has 1 atom stereocenters. The average molecular weight is 403 g/mol. The zero-order valence-electron chi connectivity index (χ0n) is 17.9. The van der Waals surface area contributed by atoms with Crippen molar-refractivity contribution < 1.29 is 14.4 Å². The summed E-state index contributed by atoms with van der Waals surface area (Å²) in [6.07, 6.45) is 4.06. The van der Waals surface area contributed by atoms with Crippen molar-refractivity contribution in [2.45, 2.75) is 57.9 Å². The largest absolute Gasteiger partial charge is 0.364 e. The zero-order chi connectivity index (χ0) is 21.9. The fourth-order valence-corrected chi connectivity index (χ4v) is 3.16. The van der Waals surface area contributed by atoms with Gasteiger partial charge in [-0.2, -0.15) is 0 Å². The number of unbranched alkanes of at least 4 members (excludes halogenated alkanes) is 1. The molecule has 0 bridgehead atoms. The summed E-state index contributed by atoms with van der Waals surface area (Å²) in [6.45, 7) is 6.39. The van der Waals surface area contributed by atoms with E-state index in [1.165, 1.54) is 0 Å². The topological polar surface area (TPSA) is 113 Å². The summed E-state index contributed by atoms with van der Waals surface area (Å²) in [5.41, 5.74) is 6.00. The van der Waals surface area contributed by atoms with E-state index in [9.17, 15) is 14.4 Å². The number of amides is 3. The highest BCUT2D eigenvalue weighted by atomic mass is 16.2. The number of hydrogen-bond donors (Lipinski definition) is 4. The second-order valence-corrected chi connectivity index (χ2v) is 7.52. The lowest BCUT2D eigenvalue weighted by Gasteiger charge is -2.33. The Kier molecular flexibility index (Phi) is 10.1. The van der Waals surface area contributed by atoms with Gasteiger partial charge in [-0.25, -0.2) is 0 Å². The SMILES string of the molecule is CCCC(=O)NCCCC=C(NC(=O)C(NC)C(C)(C)c1ccccc1)C(N)=O. The lowest BCUT2D eigenvalue weighted by Crippen LogP contribution is -2.54. The first-order chi connectivity index (χ1) is 13.7. The number of allylic oxidation sites excluding steroid dienone is 1. The molecule has 1 aromatic rings. The van der Waals surface area contributed by atoms with Crippen molar-refractivity contribution in [3.8, 4) is 0 Å². The molecule has 0 saturated heterocycles. The molecule has 5 N–H and O–H groups in total. The van der Waals surface area contributed by atoms with Gasteiger partial charge in [0.1, 0.15) is 5.70 Å². The van der Waals surface area contributed by atoms with E-state index in [4.69, 9.17) is 5.73 Å². The van der Waals surface area contributed by atoms with Crippen LogP contribution in [-0.2, 0) is 19.8 Å². The Bertz CT molecular complexity index is 714. The molecule has 0 aromatic heterocycles. The highest BCUT2D eigenvalue weighted by Crippen LogP contribution is 2.27. The number of carbonyl (C=O) groups excluding carboxylic acids is 3. The zero-order valence-corrected chi connectivity index (χ0v) is 17.9. The smallest absolute Gasteiger partial charge is 0.264 e. The number of carbonyl (C=O) groups is 3. The second kappa shape index (κ2) is 12.0. The van der Waals surface area contributed by atoms with Crippen LogP contribution in [0.2, 0.25) is 0 Å². The Morgan fingerprint density at radius 1 is 1.17 bits per heavy atom. The van der Waals surface area contributed by atoms with Crippen LogP contribution in [0.15, 0.2) is 42.1 Å². The maximum atomic E-state index is 12.9. The van der Waals surface area contributed by atoms with Gasteiger partial charge in [0, 0.05) is 18.4 Å². The molecular formula is C22H34N4O3. The monoisotopic (exact) mass is 402 g/mol. The first kappa shape index (κ1) is 24.4. The van der Waals surface area contributed by atoms with Crippen molar-refractivity contribution >= 4 is 17.7 Å². The molecule has 0 aliphatic heterocycles. The standard InChI is InChI=1S/C22H34N4O3/c1-5-11-18(27)25-15-10-9-14-17(20(23)28)26-21(29)19(24-4)22(2,3)16-12-7-6-8-13-16/h6-8,12-14,19,24H,5,9-11,15H2,1-4H3,(H2,23,28)(H,25,27)(H,26,29). The maximum absolute atomic E-state index is 12.9. The molecule has 0 spiro atoms. The molecular weight excluding hydrogens is 368 g/mol. The van der Waals surface area contributed by atoms with E-state index in [2.05, 4.69) is 16.0 Å². The van der Waals surface area contributed by atoms with E-state index in [-0.39, 0.29) is 17.5 Å². The number of hydrogen-bond acceptors (Lipinski definition) is 4. The summed E-state index contributed by atoms with van der Waals surface area (Å²) in [5.74, 6) is -1.01. The normalized spacial score (nSPS) is 12.9. The fourth-order valence-electron chi connectivity index (χ4n) is 3.16. The average Bonchev–Trinajstić information content (AvgIpc) is 2.67. The molecule has 29 heavy (non-hydrogen) atoms. The number of likely N-dealkylation sites (N-methyl/N-ethyl adjacent to an activating group) is 1. The van der Waals surface area contributed by atoms with Crippen LogP contribution in [0.1, 0.15) is 52.0 Å². The van der Waals surface area contributed by atoms with Gasteiger partial charge in [-0.3, -0.25) is 14.4 Å². The molecule has 0 aliphatic carbocycles. The van der Waals surface area contributed by atoms with Gasteiger partial charge in [-0.05, 0) is 31.9 Å². The molecule has 1 aromatic carbocycles. The van der Waals surface area contributed by atoms with Gasteiger partial charge in [-0.15, -0.1) is 0 Å². The highest BCUT2D eigenvalue weighted by molar-refractivity contribution is 5.98. The lowest BCUT2D eigenvalue weighted by atomic mass is 9.77. The van der Waals surface area contributed by atoms with E-state index >= 15 is 0 Å². The third kappa shape index (κ3) is 7.69. The van der Waals surface area contributed by atoms with Crippen molar-refractivity contribution in [1.82, 2.24) is 16.0 Å². The number of rotatable bonds is 12. The third-order valence-corrected chi connectivity index (χ3v) is 4.84. The number of nitrogens with one attached hydrogen (secondary N) is 3. The minimum absolute atomic E-state index is 0.0138. The van der Waals surface area contributed by atoms with Gasteiger partial charge in [0.25, 0.3) is 5.91 Å². The maximum Gasteiger partial charge on any atom is 0.264 e. The van der Waals surface area contributed by atoms with Gasteiger partial charge >= 0.3 is 0 Å². The minimum atomic E-state index is -0.694. The summed E-state index contributed by atoms with van der Waals surface area (Å²) in [5, 5.41) is 8.52. The Morgan fingerprint density at radius 3 is 2.38 bits per heavy atom. The molecule has 160 valence electrons. The number of nitrogens with two attached hydrogens (primary N) is 1. The molecule has 0 radical (unpaired) electrons. The fraction of sp³-hybridized carbons (Fsp3) is 0.500. The Hall–Kier alpha value is -2.67. The van der Waals surface area contributed by atoms with Crippen molar-refractivity contribution in [2.24, 2.45) is 5.73 Å². The van der Waals surface area contributed by atoms with Crippen molar-refractivity contribution in [2.75, 3.05) is 13.6 Å². The van der Waals surface area contributed by atoms with E-state index in [0.717, 1.165) is 12.0 Å². The van der Waals surface area contributed by atoms with E-state index in [1.54, 1.807) is 13.1 Å². The van der Waals surface area contributed by atoms with Crippen LogP contribution in [0, 0.1) is 0 Å². The summed E-state index contributed by atoms with van der Waals surface area (Å²) in [6, 6.07) is 9.14. The summed E-state index contributed by atoms with van der Waals surface area (Å²) >= 11 is 0. The summed E-state index contributed by atoms with van der Waals surface area (Å²) in [4.78, 5) is 36.1. The van der Waals surface area contributed by atoms with Crippen LogP contribution in [0.4, 0.5) is 0 Å². The molecule has 3 amide bonds. The molecule has 7 heteroatoms. The molecule has 0 aliphatic rings. The van der Waals surface area contributed by atoms with E-state index < -0.39 is 17.4 Å². The Morgan fingerprint density at radius 2 is 1.83 bits per heavy atom. The van der Waals surface area contributed by atoms with Crippen LogP contribution in [-0.4, -0.2) is 37.4 Å².